The first-order valence-electron chi connectivity index (χ1n) is 2.07. The zero-order chi connectivity index (χ0) is 6.41. The molecule has 0 N–H and O–H groups in total. The van der Waals surface area contributed by atoms with Crippen molar-refractivity contribution in [3.8, 4) is 12.1 Å². The standard InChI is InChI=1S/C5H4N2O.K.H/c6-2-1-5(3-7)4-8;;/h4-5H,1H2;;. The second-order valence-electron chi connectivity index (χ2n) is 1.23. The summed E-state index contributed by atoms with van der Waals surface area (Å²) in [5.41, 5.74) is 0. The molecule has 0 aromatic rings. The van der Waals surface area contributed by atoms with Gasteiger partial charge in [0.25, 0.3) is 0 Å². The van der Waals surface area contributed by atoms with Crippen LogP contribution in [0, 0.1) is 28.6 Å². The fourth-order valence-electron chi connectivity index (χ4n) is 0.223. The van der Waals surface area contributed by atoms with Crippen molar-refractivity contribution in [3.05, 3.63) is 0 Å². The fraction of sp³-hybridized carbons (Fsp3) is 0.400. The van der Waals surface area contributed by atoms with E-state index in [9.17, 15) is 4.79 Å². The molecule has 0 aliphatic heterocycles. The molecule has 0 aromatic carbocycles. The Balaban J connectivity index is 0. The second-order valence-corrected chi connectivity index (χ2v) is 1.23. The molecule has 0 radical (unpaired) electrons. The molecule has 9 heavy (non-hydrogen) atoms. The Bertz CT molecular complexity index is 155. The molecule has 42 valence electrons. The van der Waals surface area contributed by atoms with Crippen molar-refractivity contribution in [1.82, 2.24) is 0 Å². The van der Waals surface area contributed by atoms with Crippen LogP contribution in [0.4, 0.5) is 0 Å². The Morgan fingerprint density at radius 2 is 2.11 bits per heavy atom. The van der Waals surface area contributed by atoms with E-state index >= 15 is 0 Å². The molecule has 0 heterocycles. The summed E-state index contributed by atoms with van der Waals surface area (Å²) >= 11 is 0. The third-order valence-corrected chi connectivity index (χ3v) is 0.641. The normalized spacial score (nSPS) is 9.56. The summed E-state index contributed by atoms with van der Waals surface area (Å²) in [5.74, 6) is -0.736. The second kappa shape index (κ2) is 8.29. The predicted molar refractivity (Wildman–Crippen MR) is 32.5 cm³/mol. The van der Waals surface area contributed by atoms with Gasteiger partial charge in [-0.2, -0.15) is 10.5 Å². The van der Waals surface area contributed by atoms with Crippen LogP contribution in [0.2, 0.25) is 0 Å². The van der Waals surface area contributed by atoms with Gasteiger partial charge in [-0.15, -0.1) is 0 Å². The molecule has 0 rings (SSSR count). The van der Waals surface area contributed by atoms with Gasteiger partial charge in [0.2, 0.25) is 0 Å². The molecule has 4 heteroatoms. The topological polar surface area (TPSA) is 64.7 Å². The average Bonchev–Trinajstić information content (AvgIpc) is 1.83. The van der Waals surface area contributed by atoms with E-state index in [2.05, 4.69) is 0 Å². The molecule has 3 nitrogen and oxygen atoms in total. The monoisotopic (exact) mass is 148 g/mol. The van der Waals surface area contributed by atoms with Crippen LogP contribution in [0.25, 0.3) is 0 Å². The number of carbonyl (C=O) groups is 1. The number of hydrogen-bond donors (Lipinski definition) is 0. The van der Waals surface area contributed by atoms with Crippen LogP contribution in [0.5, 0.6) is 0 Å². The van der Waals surface area contributed by atoms with Gasteiger partial charge < -0.3 is 4.79 Å². The summed E-state index contributed by atoms with van der Waals surface area (Å²) in [5, 5.41) is 16.0. The molecular formula is C5H5KN2O. The molecule has 0 bridgehead atoms. The molecule has 1 unspecified atom stereocenters. The van der Waals surface area contributed by atoms with Gasteiger partial charge in [-0.3, -0.25) is 0 Å². The van der Waals surface area contributed by atoms with Gasteiger partial charge in [0.1, 0.15) is 12.2 Å². The van der Waals surface area contributed by atoms with E-state index in [0.29, 0.717) is 6.29 Å². The number of nitriles is 2. The number of aldehydes is 1. The third kappa shape index (κ3) is 6.17. The summed E-state index contributed by atoms with van der Waals surface area (Å²) in [7, 11) is 0. The average molecular weight is 148 g/mol. The maximum absolute atomic E-state index is 9.75. The van der Waals surface area contributed by atoms with Crippen LogP contribution in [0.1, 0.15) is 6.42 Å². The Kier molecular flexibility index (Phi) is 11.1. The zero-order valence-electron chi connectivity index (χ0n) is 4.16. The van der Waals surface area contributed by atoms with E-state index in [1.165, 1.54) is 0 Å². The molecule has 0 aliphatic rings. The first kappa shape index (κ1) is 12.0. The number of carbonyl (C=O) groups excluding carboxylic acids is 1. The minimum atomic E-state index is -0.736. The van der Waals surface area contributed by atoms with Crippen molar-refractivity contribution in [2.75, 3.05) is 0 Å². The van der Waals surface area contributed by atoms with Gasteiger partial charge in [-0.25, -0.2) is 0 Å². The van der Waals surface area contributed by atoms with Crippen LogP contribution in [-0.2, 0) is 4.79 Å². The van der Waals surface area contributed by atoms with Crippen LogP contribution in [0.3, 0.4) is 0 Å². The molecule has 1 atom stereocenters. The van der Waals surface area contributed by atoms with E-state index in [-0.39, 0.29) is 57.8 Å². The summed E-state index contributed by atoms with van der Waals surface area (Å²) in [4.78, 5) is 9.75. The van der Waals surface area contributed by atoms with Crippen LogP contribution in [0.15, 0.2) is 0 Å². The summed E-state index contributed by atoms with van der Waals surface area (Å²) in [6.45, 7) is 0. The van der Waals surface area contributed by atoms with E-state index in [1.54, 1.807) is 12.1 Å². The molecular weight excluding hydrogens is 143 g/mol. The van der Waals surface area contributed by atoms with E-state index < -0.39 is 5.92 Å². The summed E-state index contributed by atoms with van der Waals surface area (Å²) < 4.78 is 0. The van der Waals surface area contributed by atoms with E-state index in [0.717, 1.165) is 0 Å². The Morgan fingerprint density at radius 3 is 2.22 bits per heavy atom. The number of hydrogen-bond acceptors (Lipinski definition) is 3. The van der Waals surface area contributed by atoms with Gasteiger partial charge in [-0.05, 0) is 0 Å². The fourth-order valence-corrected chi connectivity index (χ4v) is 0.223. The molecule has 0 aromatic heterocycles. The maximum atomic E-state index is 9.75. The van der Waals surface area contributed by atoms with Gasteiger partial charge in [0, 0.05) is 0 Å². The Morgan fingerprint density at radius 1 is 1.56 bits per heavy atom. The van der Waals surface area contributed by atoms with Crippen molar-refractivity contribution in [1.29, 1.82) is 10.5 Å². The van der Waals surface area contributed by atoms with Crippen molar-refractivity contribution in [2.24, 2.45) is 5.92 Å². The molecule has 0 spiro atoms. The Hall–Kier alpha value is 0.286. The molecule has 0 fully saturated rings. The summed E-state index contributed by atoms with van der Waals surface area (Å²) in [6.07, 6.45) is 0.475. The van der Waals surface area contributed by atoms with Gasteiger partial charge >= 0.3 is 51.4 Å². The van der Waals surface area contributed by atoms with Crippen LogP contribution < -0.4 is 0 Å². The van der Waals surface area contributed by atoms with Gasteiger partial charge in [0.15, 0.2) is 0 Å². The SMILES string of the molecule is N#CCC(C#N)C=O.[KH]. The van der Waals surface area contributed by atoms with E-state index in [4.69, 9.17) is 10.5 Å². The Labute approximate surface area is 96.1 Å². The first-order valence-corrected chi connectivity index (χ1v) is 2.07. The van der Waals surface area contributed by atoms with Crippen LogP contribution in [-0.4, -0.2) is 57.7 Å². The molecule has 0 amide bonds. The van der Waals surface area contributed by atoms with Crippen LogP contribution >= 0.6 is 0 Å². The predicted octanol–water partition coefficient (Wildman–Crippen LogP) is -0.410. The zero-order valence-corrected chi connectivity index (χ0v) is 4.16. The first-order chi connectivity index (χ1) is 3.85. The van der Waals surface area contributed by atoms with Crippen molar-refractivity contribution >= 4 is 57.7 Å². The summed E-state index contributed by atoms with van der Waals surface area (Å²) in [6, 6.07) is 3.38. The van der Waals surface area contributed by atoms with E-state index in [1.807, 2.05) is 0 Å². The molecule has 0 aliphatic carbocycles. The minimum absolute atomic E-state index is 0. The number of rotatable bonds is 2. The van der Waals surface area contributed by atoms with Crippen molar-refractivity contribution in [3.63, 3.8) is 0 Å². The van der Waals surface area contributed by atoms with Crippen molar-refractivity contribution in [2.45, 2.75) is 6.42 Å². The quantitative estimate of drug-likeness (QED) is 0.395. The number of nitrogens with zero attached hydrogens (tertiary/aromatic N) is 2. The molecule has 0 saturated carbocycles. The van der Waals surface area contributed by atoms with Gasteiger partial charge in [0.05, 0.1) is 18.6 Å². The van der Waals surface area contributed by atoms with Gasteiger partial charge in [-0.1, -0.05) is 0 Å². The van der Waals surface area contributed by atoms with Crippen molar-refractivity contribution < 1.29 is 4.79 Å². The third-order valence-electron chi connectivity index (χ3n) is 0.641. The molecule has 0 saturated heterocycles.